The van der Waals surface area contributed by atoms with Gasteiger partial charge in [0.1, 0.15) is 0 Å². The van der Waals surface area contributed by atoms with Gasteiger partial charge < -0.3 is 19.6 Å². The second-order valence-corrected chi connectivity index (χ2v) is 5.51. The average molecular weight is 230 g/mol. The molecule has 1 heterocycles. The van der Waals surface area contributed by atoms with Gasteiger partial charge in [0.2, 0.25) is 0 Å². The quantitative estimate of drug-likeness (QED) is 0.460. The van der Waals surface area contributed by atoms with E-state index in [0.717, 1.165) is 0 Å². The minimum absolute atomic E-state index is 0.130. The van der Waals surface area contributed by atoms with Gasteiger partial charge in [0.15, 0.2) is 5.45 Å². The van der Waals surface area contributed by atoms with E-state index in [2.05, 4.69) is 5.10 Å². The predicted octanol–water partition coefficient (Wildman–Crippen LogP) is -0.724. The van der Waals surface area contributed by atoms with Gasteiger partial charge in [-0.2, -0.15) is 9.88 Å². The molecule has 10 heteroatoms. The Kier molecular flexibility index (Phi) is 2.64. The van der Waals surface area contributed by atoms with Gasteiger partial charge in [-0.05, 0) is 0 Å². The van der Waals surface area contributed by atoms with Crippen molar-refractivity contribution in [2.24, 2.45) is 5.10 Å². The van der Waals surface area contributed by atoms with Crippen LogP contribution in [-0.2, 0) is 9.13 Å². The lowest BCUT2D eigenvalue weighted by Crippen LogP contribution is -2.09. The summed E-state index contributed by atoms with van der Waals surface area (Å²) in [6.07, 6.45) is -0.130. The molecule has 8 nitrogen and oxygen atoms in total. The number of hydrogen-bond donors (Lipinski definition) is 4. The zero-order valence-electron chi connectivity index (χ0n) is 6.31. The number of hydrogen-bond acceptors (Lipinski definition) is 3. The van der Waals surface area contributed by atoms with Crippen LogP contribution in [0.5, 0.6) is 0 Å². The maximum Gasteiger partial charge on any atom is 0.445 e. The zero-order valence-corrected chi connectivity index (χ0v) is 8.10. The van der Waals surface area contributed by atoms with Crippen molar-refractivity contribution in [3.8, 4) is 0 Å². The van der Waals surface area contributed by atoms with Gasteiger partial charge in [0.25, 0.3) is 0 Å². The monoisotopic (exact) mass is 230 g/mol. The third-order valence-electron chi connectivity index (χ3n) is 1.40. The lowest BCUT2D eigenvalue weighted by atomic mass is 10.5. The SMILES string of the molecule is O=P(O)(O)C1=NN(P(=O)(O)O)CC1. The number of rotatable bonds is 2. The molecule has 0 spiro atoms. The fraction of sp³-hybridized carbons (Fsp3) is 0.667. The molecular formula is C3H8N2O6P2. The molecule has 1 aliphatic rings. The van der Waals surface area contributed by atoms with Crippen molar-refractivity contribution in [1.29, 1.82) is 0 Å². The molecule has 0 bridgehead atoms. The molecule has 0 fully saturated rings. The van der Waals surface area contributed by atoms with Crippen LogP contribution in [-0.4, -0.2) is 36.4 Å². The van der Waals surface area contributed by atoms with Crippen LogP contribution in [0.4, 0.5) is 0 Å². The molecule has 76 valence electrons. The third-order valence-corrected chi connectivity index (χ3v) is 3.28. The molecule has 0 aromatic rings. The van der Waals surface area contributed by atoms with Crippen LogP contribution in [0.15, 0.2) is 5.10 Å². The van der Waals surface area contributed by atoms with Crippen LogP contribution in [0.25, 0.3) is 0 Å². The Balaban J connectivity index is 2.88. The highest BCUT2D eigenvalue weighted by Gasteiger charge is 2.35. The molecule has 13 heavy (non-hydrogen) atoms. The van der Waals surface area contributed by atoms with E-state index in [0.29, 0.717) is 4.78 Å². The third kappa shape index (κ3) is 2.60. The summed E-state index contributed by atoms with van der Waals surface area (Å²) in [7, 11) is -8.97. The fourth-order valence-electron chi connectivity index (χ4n) is 0.826. The van der Waals surface area contributed by atoms with Gasteiger partial charge in [-0.15, -0.1) is 0 Å². The van der Waals surface area contributed by atoms with Gasteiger partial charge in [-0.25, -0.2) is 4.57 Å². The second-order valence-electron chi connectivity index (χ2n) is 2.42. The molecular weight excluding hydrogens is 222 g/mol. The minimum atomic E-state index is -4.52. The number of nitrogens with zero attached hydrogens (tertiary/aromatic N) is 2. The molecule has 0 amide bonds. The Morgan fingerprint density at radius 1 is 1.23 bits per heavy atom. The maximum absolute atomic E-state index is 10.6. The zero-order chi connectivity index (χ0) is 10.3. The molecule has 4 N–H and O–H groups in total. The first-order chi connectivity index (χ1) is 5.71. The van der Waals surface area contributed by atoms with Gasteiger partial charge >= 0.3 is 15.3 Å². The van der Waals surface area contributed by atoms with Gasteiger partial charge in [0, 0.05) is 6.42 Å². The summed E-state index contributed by atoms with van der Waals surface area (Å²) in [6.45, 7) is -0.176. The first kappa shape index (κ1) is 10.8. The summed E-state index contributed by atoms with van der Waals surface area (Å²) >= 11 is 0. The van der Waals surface area contributed by atoms with Crippen LogP contribution in [0, 0.1) is 0 Å². The lowest BCUT2D eigenvalue weighted by Gasteiger charge is -2.13. The van der Waals surface area contributed by atoms with Crippen molar-refractivity contribution in [2.75, 3.05) is 6.54 Å². The largest absolute Gasteiger partial charge is 0.445 e. The second kappa shape index (κ2) is 3.16. The van der Waals surface area contributed by atoms with Crippen molar-refractivity contribution in [2.45, 2.75) is 6.42 Å². The average Bonchev–Trinajstić information content (AvgIpc) is 2.28. The van der Waals surface area contributed by atoms with Crippen LogP contribution in [0.3, 0.4) is 0 Å². The molecule has 0 atom stereocenters. The molecule has 0 aromatic heterocycles. The van der Waals surface area contributed by atoms with E-state index in [1.54, 1.807) is 0 Å². The summed E-state index contributed by atoms with van der Waals surface area (Å²) in [5.41, 5.74) is -0.490. The van der Waals surface area contributed by atoms with E-state index >= 15 is 0 Å². The smallest absolute Gasteiger partial charge is 0.320 e. The molecule has 0 saturated heterocycles. The van der Waals surface area contributed by atoms with E-state index < -0.39 is 20.8 Å². The van der Waals surface area contributed by atoms with Crippen molar-refractivity contribution < 1.29 is 28.7 Å². The van der Waals surface area contributed by atoms with Crippen LogP contribution in [0.2, 0.25) is 0 Å². The Morgan fingerprint density at radius 3 is 2.00 bits per heavy atom. The summed E-state index contributed by atoms with van der Waals surface area (Å²) in [6, 6.07) is 0. The van der Waals surface area contributed by atoms with Crippen LogP contribution < -0.4 is 0 Å². The maximum atomic E-state index is 10.6. The molecule has 0 aliphatic carbocycles. The molecule has 0 radical (unpaired) electrons. The van der Waals surface area contributed by atoms with Crippen molar-refractivity contribution in [3.63, 3.8) is 0 Å². The minimum Gasteiger partial charge on any atom is -0.320 e. The highest BCUT2D eigenvalue weighted by atomic mass is 31.2. The lowest BCUT2D eigenvalue weighted by molar-refractivity contribution is 0.286. The van der Waals surface area contributed by atoms with Crippen molar-refractivity contribution in [3.05, 3.63) is 0 Å². The Bertz CT molecular complexity index is 327. The van der Waals surface area contributed by atoms with Crippen LogP contribution in [0.1, 0.15) is 6.42 Å². The Labute approximate surface area is 73.2 Å². The van der Waals surface area contributed by atoms with E-state index in [9.17, 15) is 9.13 Å². The van der Waals surface area contributed by atoms with E-state index in [-0.39, 0.29) is 13.0 Å². The first-order valence-corrected chi connectivity index (χ1v) is 6.36. The summed E-state index contributed by atoms with van der Waals surface area (Å²) in [4.78, 5) is 34.4. The summed E-state index contributed by atoms with van der Waals surface area (Å²) < 4.78 is 21.5. The fourth-order valence-corrected chi connectivity index (χ4v) is 2.10. The van der Waals surface area contributed by atoms with Gasteiger partial charge in [0.05, 0.1) is 6.54 Å². The Morgan fingerprint density at radius 2 is 1.77 bits per heavy atom. The normalized spacial score (nSPS) is 19.1. The van der Waals surface area contributed by atoms with Crippen LogP contribution >= 0.6 is 15.3 Å². The van der Waals surface area contributed by atoms with E-state index in [1.807, 2.05) is 0 Å². The topological polar surface area (TPSA) is 131 Å². The van der Waals surface area contributed by atoms with E-state index in [4.69, 9.17) is 19.6 Å². The first-order valence-electron chi connectivity index (χ1n) is 3.18. The van der Waals surface area contributed by atoms with Crippen molar-refractivity contribution >= 4 is 20.8 Å². The van der Waals surface area contributed by atoms with Gasteiger partial charge in [-0.3, -0.25) is 4.57 Å². The van der Waals surface area contributed by atoms with E-state index in [1.165, 1.54) is 0 Å². The summed E-state index contributed by atoms with van der Waals surface area (Å²) in [5, 5.41) is 3.15. The number of hydrazone groups is 1. The molecule has 0 unspecified atom stereocenters. The molecule has 0 saturated carbocycles. The molecule has 0 aromatic carbocycles. The molecule has 1 aliphatic heterocycles. The highest BCUT2D eigenvalue weighted by molar-refractivity contribution is 7.70. The standard InChI is InChI=1S/C3H8N2O6P2/c6-12(7,8)3-1-2-5(4-3)13(9,10)11/h1-2H2,(H2,6,7,8)(H2,9,10,11). The van der Waals surface area contributed by atoms with Crippen molar-refractivity contribution in [1.82, 2.24) is 4.78 Å². The predicted molar refractivity (Wildman–Crippen MR) is 42.8 cm³/mol. The Hall–Kier alpha value is -0.230. The molecule has 1 rings (SSSR count). The van der Waals surface area contributed by atoms with Gasteiger partial charge in [-0.1, -0.05) is 0 Å². The summed E-state index contributed by atoms with van der Waals surface area (Å²) in [5.74, 6) is 0. The highest BCUT2D eigenvalue weighted by Crippen LogP contribution is 2.48.